The molecule has 0 bridgehead atoms. The molecule has 1 N–H and O–H groups in total. The molecule has 1 aromatic carbocycles. The summed E-state index contributed by atoms with van der Waals surface area (Å²) in [4.78, 5) is 20.6. The van der Waals surface area contributed by atoms with Gasteiger partial charge < -0.3 is 10.1 Å². The molecule has 2 aromatic heterocycles. The number of ether oxygens (including phenoxy) is 1. The van der Waals surface area contributed by atoms with Gasteiger partial charge in [-0.05, 0) is 35.7 Å². The molecule has 0 saturated carbocycles. The molecule has 0 radical (unpaired) electrons. The lowest BCUT2D eigenvalue weighted by atomic mass is 10.2. The number of hydrogen-bond donors (Lipinski definition) is 1. The van der Waals surface area contributed by atoms with Crippen molar-refractivity contribution in [2.45, 2.75) is 6.04 Å². The number of thiazole rings is 1. The summed E-state index contributed by atoms with van der Waals surface area (Å²) in [5, 5.41) is 7.52. The first-order valence-electron chi connectivity index (χ1n) is 9.05. The van der Waals surface area contributed by atoms with Gasteiger partial charge >= 0.3 is 0 Å². The van der Waals surface area contributed by atoms with Crippen LogP contribution >= 0.6 is 22.7 Å². The van der Waals surface area contributed by atoms with E-state index in [1.807, 2.05) is 6.07 Å². The van der Waals surface area contributed by atoms with Crippen molar-refractivity contribution in [1.82, 2.24) is 15.2 Å². The third-order valence-electron chi connectivity index (χ3n) is 4.64. The molecular formula is C20H20FN3O2S2. The first-order chi connectivity index (χ1) is 13.7. The lowest BCUT2D eigenvalue weighted by Crippen LogP contribution is -2.43. The highest BCUT2D eigenvalue weighted by atomic mass is 32.1. The standard InChI is InChI=1S/C20H20FN3O2S2/c21-15-5-3-14(4-6-15)20-23-16(13-28-20)19(25)22-12-17(18-2-1-11-27-18)24-7-9-26-10-8-24/h1-6,11,13,17H,7-10,12H2,(H,22,25). The van der Waals surface area contributed by atoms with Gasteiger partial charge in [0.2, 0.25) is 0 Å². The fourth-order valence-corrected chi connectivity index (χ4v) is 4.83. The van der Waals surface area contributed by atoms with Gasteiger partial charge in [-0.25, -0.2) is 9.37 Å². The fourth-order valence-electron chi connectivity index (χ4n) is 3.16. The second kappa shape index (κ2) is 8.91. The Morgan fingerprint density at radius 3 is 2.71 bits per heavy atom. The summed E-state index contributed by atoms with van der Waals surface area (Å²) >= 11 is 3.07. The van der Waals surface area contributed by atoms with Crippen LogP contribution in [0.1, 0.15) is 21.4 Å². The SMILES string of the molecule is O=C(NCC(c1cccs1)N1CCOCC1)c1csc(-c2ccc(F)cc2)n1. The van der Waals surface area contributed by atoms with Crippen LogP contribution in [-0.2, 0) is 4.74 Å². The summed E-state index contributed by atoms with van der Waals surface area (Å²) in [6.45, 7) is 3.64. The maximum atomic E-state index is 13.1. The van der Waals surface area contributed by atoms with E-state index in [4.69, 9.17) is 4.74 Å². The van der Waals surface area contributed by atoms with Crippen molar-refractivity contribution in [3.05, 3.63) is 63.5 Å². The van der Waals surface area contributed by atoms with Gasteiger partial charge in [0.05, 0.1) is 19.3 Å². The van der Waals surface area contributed by atoms with Crippen molar-refractivity contribution in [2.24, 2.45) is 0 Å². The molecule has 146 valence electrons. The molecule has 0 aliphatic carbocycles. The number of nitrogens with one attached hydrogen (secondary N) is 1. The van der Waals surface area contributed by atoms with Crippen LogP contribution in [0.3, 0.4) is 0 Å². The van der Waals surface area contributed by atoms with Crippen LogP contribution < -0.4 is 5.32 Å². The molecule has 8 heteroatoms. The van der Waals surface area contributed by atoms with E-state index in [1.54, 1.807) is 28.8 Å². The lowest BCUT2D eigenvalue weighted by Gasteiger charge is -2.34. The molecule has 3 aromatic rings. The van der Waals surface area contributed by atoms with Gasteiger partial charge in [0.15, 0.2) is 0 Å². The summed E-state index contributed by atoms with van der Waals surface area (Å²) in [6.07, 6.45) is 0. The summed E-state index contributed by atoms with van der Waals surface area (Å²) in [5.41, 5.74) is 1.19. The van der Waals surface area contributed by atoms with Crippen LogP contribution in [0.25, 0.3) is 10.6 Å². The number of hydrogen-bond acceptors (Lipinski definition) is 6. The summed E-state index contributed by atoms with van der Waals surface area (Å²) < 4.78 is 18.5. The van der Waals surface area contributed by atoms with Gasteiger partial charge in [-0.3, -0.25) is 9.69 Å². The van der Waals surface area contributed by atoms with Crippen molar-refractivity contribution >= 4 is 28.6 Å². The average molecular weight is 418 g/mol. The predicted octanol–water partition coefficient (Wildman–Crippen LogP) is 3.81. The highest BCUT2D eigenvalue weighted by Gasteiger charge is 2.24. The van der Waals surface area contributed by atoms with Crippen molar-refractivity contribution < 1.29 is 13.9 Å². The van der Waals surface area contributed by atoms with Crippen LogP contribution in [0.15, 0.2) is 47.2 Å². The Kier molecular flexibility index (Phi) is 6.11. The molecule has 1 fully saturated rings. The highest BCUT2D eigenvalue weighted by Crippen LogP contribution is 2.26. The number of nitrogens with zero attached hydrogens (tertiary/aromatic N) is 2. The minimum absolute atomic E-state index is 0.128. The van der Waals surface area contributed by atoms with Crippen LogP contribution in [-0.4, -0.2) is 48.6 Å². The van der Waals surface area contributed by atoms with Gasteiger partial charge in [-0.15, -0.1) is 22.7 Å². The molecule has 1 aliphatic heterocycles. The minimum Gasteiger partial charge on any atom is -0.379 e. The van der Waals surface area contributed by atoms with E-state index in [0.29, 0.717) is 30.5 Å². The number of aromatic nitrogens is 1. The molecule has 1 unspecified atom stereocenters. The third kappa shape index (κ3) is 4.47. The average Bonchev–Trinajstić information content (AvgIpc) is 3.42. The van der Waals surface area contributed by atoms with Crippen LogP contribution in [0.5, 0.6) is 0 Å². The zero-order chi connectivity index (χ0) is 19.3. The topological polar surface area (TPSA) is 54.5 Å². The monoisotopic (exact) mass is 417 g/mol. The van der Waals surface area contributed by atoms with E-state index < -0.39 is 0 Å². The second-order valence-corrected chi connectivity index (χ2v) is 8.27. The molecule has 1 amide bonds. The van der Waals surface area contributed by atoms with E-state index in [9.17, 15) is 9.18 Å². The normalized spacial score (nSPS) is 16.0. The molecular weight excluding hydrogens is 397 g/mol. The number of carbonyl (C=O) groups is 1. The Hall–Kier alpha value is -2.13. The van der Waals surface area contributed by atoms with Crippen molar-refractivity contribution in [1.29, 1.82) is 0 Å². The van der Waals surface area contributed by atoms with Gasteiger partial charge in [-0.2, -0.15) is 0 Å². The molecule has 1 saturated heterocycles. The smallest absolute Gasteiger partial charge is 0.270 e. The lowest BCUT2D eigenvalue weighted by molar-refractivity contribution is 0.0169. The first-order valence-corrected chi connectivity index (χ1v) is 10.8. The number of thiophene rings is 1. The molecule has 1 aliphatic rings. The van der Waals surface area contributed by atoms with E-state index >= 15 is 0 Å². The Balaban J connectivity index is 1.43. The number of benzene rings is 1. The summed E-state index contributed by atoms with van der Waals surface area (Å²) in [7, 11) is 0. The van der Waals surface area contributed by atoms with Crippen LogP contribution in [0.4, 0.5) is 4.39 Å². The quantitative estimate of drug-likeness (QED) is 0.663. The Bertz CT molecular complexity index is 906. The largest absolute Gasteiger partial charge is 0.379 e. The fraction of sp³-hybridized carbons (Fsp3) is 0.300. The zero-order valence-electron chi connectivity index (χ0n) is 15.1. The molecule has 5 nitrogen and oxygen atoms in total. The number of morpholine rings is 1. The van der Waals surface area contributed by atoms with E-state index in [2.05, 4.69) is 26.6 Å². The molecule has 1 atom stereocenters. The van der Waals surface area contributed by atoms with Crippen LogP contribution in [0.2, 0.25) is 0 Å². The molecule has 3 heterocycles. The number of rotatable bonds is 6. The first kappa shape index (κ1) is 19.2. The second-order valence-electron chi connectivity index (χ2n) is 6.43. The number of amides is 1. The number of halogens is 1. The Labute approximate surface area is 170 Å². The summed E-state index contributed by atoms with van der Waals surface area (Å²) in [6, 6.07) is 10.4. The Morgan fingerprint density at radius 1 is 1.21 bits per heavy atom. The maximum Gasteiger partial charge on any atom is 0.270 e. The minimum atomic E-state index is -0.291. The van der Waals surface area contributed by atoms with E-state index in [0.717, 1.165) is 18.7 Å². The summed E-state index contributed by atoms with van der Waals surface area (Å²) in [5.74, 6) is -0.486. The maximum absolute atomic E-state index is 13.1. The van der Waals surface area contributed by atoms with Gasteiger partial charge in [0.25, 0.3) is 5.91 Å². The molecule has 4 rings (SSSR count). The van der Waals surface area contributed by atoms with Gasteiger partial charge in [0, 0.05) is 35.5 Å². The van der Waals surface area contributed by atoms with Gasteiger partial charge in [-0.1, -0.05) is 6.07 Å². The van der Waals surface area contributed by atoms with Crippen molar-refractivity contribution in [2.75, 3.05) is 32.8 Å². The zero-order valence-corrected chi connectivity index (χ0v) is 16.8. The highest BCUT2D eigenvalue weighted by molar-refractivity contribution is 7.13. The number of carbonyl (C=O) groups excluding carboxylic acids is 1. The third-order valence-corrected chi connectivity index (χ3v) is 6.51. The van der Waals surface area contributed by atoms with E-state index in [-0.39, 0.29) is 17.8 Å². The van der Waals surface area contributed by atoms with E-state index in [1.165, 1.54) is 28.3 Å². The van der Waals surface area contributed by atoms with Crippen LogP contribution in [0, 0.1) is 5.82 Å². The Morgan fingerprint density at radius 2 is 2.00 bits per heavy atom. The van der Waals surface area contributed by atoms with Crippen molar-refractivity contribution in [3.63, 3.8) is 0 Å². The van der Waals surface area contributed by atoms with Crippen molar-refractivity contribution in [3.8, 4) is 10.6 Å². The molecule has 28 heavy (non-hydrogen) atoms. The predicted molar refractivity (Wildman–Crippen MR) is 109 cm³/mol. The molecule has 0 spiro atoms. The van der Waals surface area contributed by atoms with Gasteiger partial charge in [0.1, 0.15) is 16.5 Å².